The fourth-order valence-corrected chi connectivity index (χ4v) is 2.82. The number of benzene rings is 1. The molecule has 4 nitrogen and oxygen atoms in total. The minimum absolute atomic E-state index is 0.169. The van der Waals surface area contributed by atoms with Crippen molar-refractivity contribution >= 4 is 17.4 Å². The van der Waals surface area contributed by atoms with Crippen LogP contribution < -0.4 is 5.32 Å². The zero-order valence-corrected chi connectivity index (χ0v) is 13.8. The average molecular weight is 318 g/mol. The number of nitrogens with zero attached hydrogens (tertiary/aromatic N) is 1. The maximum Gasteiger partial charge on any atom is 0.318 e. The second-order valence-electron chi connectivity index (χ2n) is 5.94. The van der Waals surface area contributed by atoms with Crippen molar-refractivity contribution in [2.75, 3.05) is 6.54 Å². The Balaban J connectivity index is 2.01. The van der Waals surface area contributed by atoms with Gasteiger partial charge in [-0.1, -0.05) is 30.3 Å². The van der Waals surface area contributed by atoms with Gasteiger partial charge in [-0.15, -0.1) is 0 Å². The van der Waals surface area contributed by atoms with Gasteiger partial charge in [0.15, 0.2) is 0 Å². The van der Waals surface area contributed by atoms with Crippen LogP contribution in [0.4, 0.5) is 4.79 Å². The minimum Gasteiger partial charge on any atom is -0.389 e. The average Bonchev–Trinajstić information content (AvgIpc) is 2.97. The molecule has 22 heavy (non-hydrogen) atoms. The fraction of sp³-hybridized carbons (Fsp3) is 0.353. The SMILES string of the molecule is CC(C)(O)CN(Cc1ccccc1)C(=O)NCc1ccsc1. The number of nitrogens with one attached hydrogen (secondary N) is 1. The van der Waals surface area contributed by atoms with Crippen LogP contribution in [0.25, 0.3) is 0 Å². The van der Waals surface area contributed by atoms with Crippen molar-refractivity contribution in [1.82, 2.24) is 10.2 Å². The number of thiophene rings is 1. The Hall–Kier alpha value is -1.85. The molecule has 1 aromatic carbocycles. The summed E-state index contributed by atoms with van der Waals surface area (Å²) in [4.78, 5) is 14.1. The van der Waals surface area contributed by atoms with E-state index in [1.54, 1.807) is 30.1 Å². The summed E-state index contributed by atoms with van der Waals surface area (Å²) in [6.07, 6.45) is 0. The molecule has 0 saturated carbocycles. The summed E-state index contributed by atoms with van der Waals surface area (Å²) >= 11 is 1.61. The monoisotopic (exact) mass is 318 g/mol. The van der Waals surface area contributed by atoms with E-state index in [1.165, 1.54) is 0 Å². The topological polar surface area (TPSA) is 52.6 Å². The Morgan fingerprint density at radius 1 is 1.23 bits per heavy atom. The molecule has 0 unspecified atom stereocenters. The first-order valence-electron chi connectivity index (χ1n) is 7.24. The van der Waals surface area contributed by atoms with Crippen LogP contribution in [0.1, 0.15) is 25.0 Å². The summed E-state index contributed by atoms with van der Waals surface area (Å²) in [6.45, 7) is 4.66. The van der Waals surface area contributed by atoms with Crippen molar-refractivity contribution in [3.63, 3.8) is 0 Å². The first kappa shape index (κ1) is 16.5. The van der Waals surface area contributed by atoms with Gasteiger partial charge in [0.2, 0.25) is 0 Å². The van der Waals surface area contributed by atoms with Crippen molar-refractivity contribution < 1.29 is 9.90 Å². The van der Waals surface area contributed by atoms with Crippen LogP contribution in [-0.2, 0) is 13.1 Å². The lowest BCUT2D eigenvalue weighted by Gasteiger charge is -2.29. The van der Waals surface area contributed by atoms with Gasteiger partial charge in [0.25, 0.3) is 0 Å². The van der Waals surface area contributed by atoms with E-state index in [1.807, 2.05) is 47.2 Å². The molecule has 0 atom stereocenters. The molecular formula is C17H22N2O2S. The van der Waals surface area contributed by atoms with Crippen LogP contribution in [0, 0.1) is 0 Å². The van der Waals surface area contributed by atoms with Crippen LogP contribution in [0.2, 0.25) is 0 Å². The van der Waals surface area contributed by atoms with E-state index in [0.29, 0.717) is 13.1 Å². The third-order valence-electron chi connectivity index (χ3n) is 3.11. The third-order valence-corrected chi connectivity index (χ3v) is 3.84. The summed E-state index contributed by atoms with van der Waals surface area (Å²) < 4.78 is 0. The van der Waals surface area contributed by atoms with Crippen LogP contribution in [0.5, 0.6) is 0 Å². The van der Waals surface area contributed by atoms with Crippen LogP contribution in [0.3, 0.4) is 0 Å². The lowest BCUT2D eigenvalue weighted by Crippen LogP contribution is -2.46. The molecule has 2 amide bonds. The Bertz CT molecular complexity index is 576. The standard InChI is InChI=1S/C17H22N2O2S/c1-17(2,21)13-19(11-14-6-4-3-5-7-14)16(20)18-10-15-8-9-22-12-15/h3-9,12,21H,10-11,13H2,1-2H3,(H,18,20). The molecule has 0 spiro atoms. The van der Waals surface area contributed by atoms with Crippen LogP contribution in [0.15, 0.2) is 47.2 Å². The number of carbonyl (C=O) groups is 1. The van der Waals surface area contributed by atoms with Crippen molar-refractivity contribution in [1.29, 1.82) is 0 Å². The maximum absolute atomic E-state index is 12.4. The van der Waals surface area contributed by atoms with E-state index in [2.05, 4.69) is 5.32 Å². The third kappa shape index (κ3) is 5.50. The number of hydrogen-bond acceptors (Lipinski definition) is 3. The zero-order chi connectivity index (χ0) is 16.0. The number of carbonyl (C=O) groups excluding carboxylic acids is 1. The maximum atomic E-state index is 12.4. The molecular weight excluding hydrogens is 296 g/mol. The molecule has 2 rings (SSSR count). The summed E-state index contributed by atoms with van der Waals surface area (Å²) in [7, 11) is 0. The molecule has 0 saturated heterocycles. The second kappa shape index (κ2) is 7.42. The van der Waals surface area contributed by atoms with Gasteiger partial charge in [-0.25, -0.2) is 4.79 Å². The molecule has 0 aliphatic carbocycles. The quantitative estimate of drug-likeness (QED) is 0.859. The smallest absolute Gasteiger partial charge is 0.318 e. The Labute approximate surface area is 135 Å². The van der Waals surface area contributed by atoms with Crippen molar-refractivity contribution in [2.45, 2.75) is 32.5 Å². The molecule has 2 N–H and O–H groups in total. The molecule has 0 fully saturated rings. The minimum atomic E-state index is -0.936. The first-order valence-corrected chi connectivity index (χ1v) is 8.18. The Morgan fingerprint density at radius 3 is 2.55 bits per heavy atom. The summed E-state index contributed by atoms with van der Waals surface area (Å²) in [6, 6.07) is 11.6. The predicted octanol–water partition coefficient (Wildman–Crippen LogP) is 3.23. The van der Waals surface area contributed by atoms with E-state index in [4.69, 9.17) is 0 Å². The van der Waals surface area contributed by atoms with E-state index in [9.17, 15) is 9.90 Å². The number of amides is 2. The van der Waals surface area contributed by atoms with Crippen molar-refractivity contribution in [3.05, 3.63) is 58.3 Å². The molecule has 5 heteroatoms. The van der Waals surface area contributed by atoms with Gasteiger partial charge < -0.3 is 15.3 Å². The Morgan fingerprint density at radius 2 is 1.95 bits per heavy atom. The molecule has 0 radical (unpaired) electrons. The van der Waals surface area contributed by atoms with Gasteiger partial charge in [0.1, 0.15) is 0 Å². The molecule has 1 aromatic heterocycles. The van der Waals surface area contributed by atoms with Gasteiger partial charge in [-0.2, -0.15) is 11.3 Å². The number of urea groups is 1. The van der Waals surface area contributed by atoms with Crippen LogP contribution in [-0.4, -0.2) is 28.2 Å². The van der Waals surface area contributed by atoms with Gasteiger partial charge in [-0.05, 0) is 41.8 Å². The molecule has 0 bridgehead atoms. The van der Waals surface area contributed by atoms with E-state index in [-0.39, 0.29) is 12.6 Å². The van der Waals surface area contributed by atoms with Gasteiger partial charge >= 0.3 is 6.03 Å². The summed E-state index contributed by atoms with van der Waals surface area (Å²) in [5, 5.41) is 17.0. The largest absolute Gasteiger partial charge is 0.389 e. The van der Waals surface area contributed by atoms with Gasteiger partial charge in [0.05, 0.1) is 12.1 Å². The van der Waals surface area contributed by atoms with E-state index >= 15 is 0 Å². The molecule has 2 aromatic rings. The lowest BCUT2D eigenvalue weighted by molar-refractivity contribution is 0.0446. The second-order valence-corrected chi connectivity index (χ2v) is 6.72. The first-order chi connectivity index (χ1) is 10.4. The highest BCUT2D eigenvalue weighted by molar-refractivity contribution is 7.07. The number of aliphatic hydroxyl groups is 1. The highest BCUT2D eigenvalue weighted by atomic mass is 32.1. The molecule has 0 aliphatic heterocycles. The normalized spacial score (nSPS) is 11.2. The Kier molecular flexibility index (Phi) is 5.57. The van der Waals surface area contributed by atoms with E-state index < -0.39 is 5.60 Å². The van der Waals surface area contributed by atoms with Gasteiger partial charge in [0, 0.05) is 13.1 Å². The summed E-state index contributed by atoms with van der Waals surface area (Å²) in [5.74, 6) is 0. The molecule has 118 valence electrons. The molecule has 1 heterocycles. The van der Waals surface area contributed by atoms with Crippen molar-refractivity contribution in [3.8, 4) is 0 Å². The number of hydrogen-bond donors (Lipinski definition) is 2. The van der Waals surface area contributed by atoms with Crippen molar-refractivity contribution in [2.24, 2.45) is 0 Å². The fourth-order valence-electron chi connectivity index (χ4n) is 2.15. The van der Waals surface area contributed by atoms with E-state index in [0.717, 1.165) is 11.1 Å². The number of rotatable bonds is 6. The van der Waals surface area contributed by atoms with Crippen LogP contribution >= 0.6 is 11.3 Å². The highest BCUT2D eigenvalue weighted by Gasteiger charge is 2.22. The lowest BCUT2D eigenvalue weighted by atomic mass is 10.1. The van der Waals surface area contributed by atoms with Gasteiger partial charge in [-0.3, -0.25) is 0 Å². The zero-order valence-electron chi connectivity index (χ0n) is 13.0. The molecule has 0 aliphatic rings. The highest BCUT2D eigenvalue weighted by Crippen LogP contribution is 2.11. The summed E-state index contributed by atoms with van der Waals surface area (Å²) in [5.41, 5.74) is 1.19. The predicted molar refractivity (Wildman–Crippen MR) is 89.7 cm³/mol.